The standard InChI is InChI=1S/C14H16BrN3O2/c1-14(2,3)20-13(19)18-11-6-9(4-5-10(11)15)12-7-16-8-17-12/h4-8H,1-3H3,(H,16,17)(H,18,19). The zero-order chi connectivity index (χ0) is 14.8. The molecule has 0 bridgehead atoms. The van der Waals surface area contributed by atoms with Crippen molar-refractivity contribution < 1.29 is 9.53 Å². The summed E-state index contributed by atoms with van der Waals surface area (Å²) >= 11 is 3.41. The van der Waals surface area contributed by atoms with E-state index in [4.69, 9.17) is 4.74 Å². The van der Waals surface area contributed by atoms with Gasteiger partial charge >= 0.3 is 6.09 Å². The normalized spacial score (nSPS) is 11.2. The number of ether oxygens (including phenoxy) is 1. The highest BCUT2D eigenvalue weighted by atomic mass is 79.9. The molecule has 20 heavy (non-hydrogen) atoms. The van der Waals surface area contributed by atoms with Gasteiger partial charge in [0.05, 0.1) is 23.9 Å². The largest absolute Gasteiger partial charge is 0.444 e. The molecule has 0 aliphatic rings. The molecule has 6 heteroatoms. The molecule has 1 amide bonds. The van der Waals surface area contributed by atoms with Crippen molar-refractivity contribution in [3.8, 4) is 11.3 Å². The first-order chi connectivity index (χ1) is 9.35. The summed E-state index contributed by atoms with van der Waals surface area (Å²) in [5.41, 5.74) is 1.92. The lowest BCUT2D eigenvalue weighted by Crippen LogP contribution is -2.27. The first kappa shape index (κ1) is 14.6. The molecule has 0 aliphatic heterocycles. The van der Waals surface area contributed by atoms with Crippen LogP contribution in [0.15, 0.2) is 35.2 Å². The van der Waals surface area contributed by atoms with Crippen LogP contribution in [0.25, 0.3) is 11.3 Å². The van der Waals surface area contributed by atoms with Crippen molar-refractivity contribution >= 4 is 27.7 Å². The van der Waals surface area contributed by atoms with Gasteiger partial charge in [0.15, 0.2) is 0 Å². The Bertz CT molecular complexity index is 603. The van der Waals surface area contributed by atoms with E-state index in [-0.39, 0.29) is 0 Å². The van der Waals surface area contributed by atoms with Gasteiger partial charge in [-0.3, -0.25) is 5.32 Å². The average Bonchev–Trinajstić information content (AvgIpc) is 2.83. The van der Waals surface area contributed by atoms with E-state index in [0.29, 0.717) is 5.69 Å². The summed E-state index contributed by atoms with van der Waals surface area (Å²) in [5, 5.41) is 2.73. The van der Waals surface area contributed by atoms with Gasteiger partial charge in [0.2, 0.25) is 0 Å². The number of anilines is 1. The van der Waals surface area contributed by atoms with Crippen molar-refractivity contribution in [3.63, 3.8) is 0 Å². The van der Waals surface area contributed by atoms with Gasteiger partial charge in [-0.25, -0.2) is 9.78 Å². The maximum atomic E-state index is 11.8. The maximum absolute atomic E-state index is 11.8. The summed E-state index contributed by atoms with van der Waals surface area (Å²) in [5.74, 6) is 0. The number of carbonyl (C=O) groups is 1. The van der Waals surface area contributed by atoms with E-state index in [1.165, 1.54) is 0 Å². The highest BCUT2D eigenvalue weighted by molar-refractivity contribution is 9.10. The van der Waals surface area contributed by atoms with Crippen LogP contribution < -0.4 is 5.32 Å². The van der Waals surface area contributed by atoms with Crippen molar-refractivity contribution in [1.29, 1.82) is 0 Å². The molecule has 2 N–H and O–H groups in total. The van der Waals surface area contributed by atoms with Gasteiger partial charge < -0.3 is 9.72 Å². The van der Waals surface area contributed by atoms with Crippen molar-refractivity contribution in [1.82, 2.24) is 9.97 Å². The molecule has 0 fully saturated rings. The van der Waals surface area contributed by atoms with Gasteiger partial charge in [-0.15, -0.1) is 0 Å². The fourth-order valence-corrected chi connectivity index (χ4v) is 1.96. The van der Waals surface area contributed by atoms with Crippen molar-refractivity contribution in [2.75, 3.05) is 5.32 Å². The van der Waals surface area contributed by atoms with Crippen molar-refractivity contribution in [2.24, 2.45) is 0 Å². The lowest BCUT2D eigenvalue weighted by molar-refractivity contribution is 0.0636. The van der Waals surface area contributed by atoms with E-state index in [1.807, 2.05) is 39.0 Å². The van der Waals surface area contributed by atoms with Crippen LogP contribution in [0.4, 0.5) is 10.5 Å². The molecule has 2 aromatic rings. The van der Waals surface area contributed by atoms with Crippen molar-refractivity contribution in [2.45, 2.75) is 26.4 Å². The summed E-state index contributed by atoms with van der Waals surface area (Å²) in [4.78, 5) is 18.8. The SMILES string of the molecule is CC(C)(C)OC(=O)Nc1cc(-c2cnc[nH]2)ccc1Br. The molecule has 5 nitrogen and oxygen atoms in total. The minimum Gasteiger partial charge on any atom is -0.444 e. The van der Waals surface area contributed by atoms with Crippen LogP contribution in [0.5, 0.6) is 0 Å². The molecule has 0 spiro atoms. The number of nitrogens with one attached hydrogen (secondary N) is 2. The van der Waals surface area contributed by atoms with Gasteiger partial charge in [-0.2, -0.15) is 0 Å². The predicted molar refractivity (Wildman–Crippen MR) is 81.6 cm³/mol. The summed E-state index contributed by atoms with van der Waals surface area (Å²) in [7, 11) is 0. The first-order valence-electron chi connectivity index (χ1n) is 6.13. The van der Waals surface area contributed by atoms with Crippen LogP contribution in [-0.2, 0) is 4.74 Å². The minimum absolute atomic E-state index is 0.486. The molecule has 0 aliphatic carbocycles. The summed E-state index contributed by atoms with van der Waals surface area (Å²) in [6.45, 7) is 5.47. The molecule has 106 valence electrons. The highest BCUT2D eigenvalue weighted by Gasteiger charge is 2.17. The molecule has 0 saturated heterocycles. The monoisotopic (exact) mass is 337 g/mol. The van der Waals surface area contributed by atoms with E-state index in [9.17, 15) is 4.79 Å². The second-order valence-corrected chi connectivity index (χ2v) is 6.14. The fraction of sp³-hybridized carbons (Fsp3) is 0.286. The van der Waals surface area contributed by atoms with Gasteiger partial charge in [0.25, 0.3) is 0 Å². The highest BCUT2D eigenvalue weighted by Crippen LogP contribution is 2.28. The molecular weight excluding hydrogens is 322 g/mol. The molecular formula is C14H16BrN3O2. The van der Waals surface area contributed by atoms with Gasteiger partial charge in [-0.1, -0.05) is 6.07 Å². The summed E-state index contributed by atoms with van der Waals surface area (Å²) < 4.78 is 6.02. The number of benzene rings is 1. The summed E-state index contributed by atoms with van der Waals surface area (Å²) in [6, 6.07) is 5.64. The molecule has 0 unspecified atom stereocenters. The van der Waals surface area contributed by atoms with Gasteiger partial charge in [0.1, 0.15) is 5.60 Å². The molecule has 1 aromatic heterocycles. The quantitative estimate of drug-likeness (QED) is 0.863. The maximum Gasteiger partial charge on any atom is 0.412 e. The Morgan fingerprint density at radius 2 is 2.15 bits per heavy atom. The zero-order valence-electron chi connectivity index (χ0n) is 11.5. The number of carbonyl (C=O) groups excluding carboxylic acids is 1. The number of H-pyrrole nitrogens is 1. The van der Waals surface area contributed by atoms with E-state index < -0.39 is 11.7 Å². The van der Waals surface area contributed by atoms with E-state index >= 15 is 0 Å². The number of hydrogen-bond donors (Lipinski definition) is 2. The van der Waals surface area contributed by atoms with Crippen LogP contribution in [0.2, 0.25) is 0 Å². The second-order valence-electron chi connectivity index (χ2n) is 5.29. The number of aromatic nitrogens is 2. The molecule has 1 heterocycles. The predicted octanol–water partition coefficient (Wildman–Crippen LogP) is 4.19. The number of hydrogen-bond acceptors (Lipinski definition) is 3. The average molecular weight is 338 g/mol. The Balaban J connectivity index is 2.19. The number of aromatic amines is 1. The van der Waals surface area contributed by atoms with Crippen molar-refractivity contribution in [3.05, 3.63) is 35.2 Å². The van der Waals surface area contributed by atoms with Crippen LogP contribution in [0.3, 0.4) is 0 Å². The molecule has 0 radical (unpaired) electrons. The molecule has 0 saturated carbocycles. The third-order valence-electron chi connectivity index (χ3n) is 2.41. The summed E-state index contributed by atoms with van der Waals surface area (Å²) in [6.07, 6.45) is 2.85. The number of nitrogens with zero attached hydrogens (tertiary/aromatic N) is 1. The van der Waals surface area contributed by atoms with E-state index in [0.717, 1.165) is 15.7 Å². The second kappa shape index (κ2) is 5.66. The first-order valence-corrected chi connectivity index (χ1v) is 6.93. The van der Waals surface area contributed by atoms with Crippen LogP contribution >= 0.6 is 15.9 Å². The number of rotatable bonds is 2. The van der Waals surface area contributed by atoms with Gasteiger partial charge in [-0.05, 0) is 48.8 Å². The molecule has 2 rings (SSSR count). The van der Waals surface area contributed by atoms with Crippen LogP contribution in [0.1, 0.15) is 20.8 Å². The Morgan fingerprint density at radius 1 is 1.40 bits per heavy atom. The number of imidazole rings is 1. The Hall–Kier alpha value is -1.82. The van der Waals surface area contributed by atoms with Gasteiger partial charge in [0, 0.05) is 10.0 Å². The number of amides is 1. The van der Waals surface area contributed by atoms with Crippen LogP contribution in [0, 0.1) is 0 Å². The van der Waals surface area contributed by atoms with E-state index in [1.54, 1.807) is 12.5 Å². The smallest absolute Gasteiger partial charge is 0.412 e. The Morgan fingerprint density at radius 3 is 2.75 bits per heavy atom. The zero-order valence-corrected chi connectivity index (χ0v) is 13.1. The third kappa shape index (κ3) is 3.84. The van der Waals surface area contributed by atoms with Crippen LogP contribution in [-0.4, -0.2) is 21.7 Å². The molecule has 0 atom stereocenters. The minimum atomic E-state index is -0.530. The molecule has 1 aromatic carbocycles. The Kier molecular flexibility index (Phi) is 4.13. The lowest BCUT2D eigenvalue weighted by atomic mass is 10.1. The Labute approximate surface area is 125 Å². The topological polar surface area (TPSA) is 67.0 Å². The lowest BCUT2D eigenvalue weighted by Gasteiger charge is -2.20. The number of halogens is 1. The van der Waals surface area contributed by atoms with E-state index in [2.05, 4.69) is 31.2 Å². The third-order valence-corrected chi connectivity index (χ3v) is 3.10. The fourth-order valence-electron chi connectivity index (χ4n) is 1.62.